The fourth-order valence-corrected chi connectivity index (χ4v) is 1.96. The van der Waals surface area contributed by atoms with E-state index in [4.69, 9.17) is 4.74 Å². The molecule has 0 aliphatic rings. The molecule has 6 nitrogen and oxygen atoms in total. The van der Waals surface area contributed by atoms with Gasteiger partial charge in [-0.1, -0.05) is 25.1 Å². The summed E-state index contributed by atoms with van der Waals surface area (Å²) in [6.45, 7) is 4.19. The molecule has 23 heavy (non-hydrogen) atoms. The molecule has 124 valence electrons. The van der Waals surface area contributed by atoms with Crippen molar-refractivity contribution in [3.8, 4) is 0 Å². The predicted molar refractivity (Wildman–Crippen MR) is 83.2 cm³/mol. The Morgan fingerprint density at radius 1 is 1.17 bits per heavy atom. The first kappa shape index (κ1) is 18.4. The van der Waals surface area contributed by atoms with Crippen LogP contribution in [-0.4, -0.2) is 24.3 Å². The topological polar surface area (TPSA) is 95.5 Å². The maximum Gasteiger partial charge on any atom is 0.316 e. The van der Waals surface area contributed by atoms with Crippen LogP contribution < -0.4 is 10.4 Å². The highest BCUT2D eigenvalue weighted by atomic mass is 16.5. The van der Waals surface area contributed by atoms with Gasteiger partial charge in [0.1, 0.15) is 11.7 Å². The van der Waals surface area contributed by atoms with Crippen LogP contribution in [0.15, 0.2) is 41.7 Å². The molecule has 1 N–H and O–H groups in total. The van der Waals surface area contributed by atoms with Crippen molar-refractivity contribution in [1.29, 1.82) is 0 Å². The second kappa shape index (κ2) is 8.73. The van der Waals surface area contributed by atoms with Crippen LogP contribution in [0.25, 0.3) is 0 Å². The molecule has 0 heterocycles. The van der Waals surface area contributed by atoms with E-state index < -0.39 is 29.3 Å². The van der Waals surface area contributed by atoms with E-state index in [2.05, 4.69) is 5.32 Å². The Morgan fingerprint density at radius 3 is 2.26 bits per heavy atom. The van der Waals surface area contributed by atoms with Gasteiger partial charge in [-0.3, -0.25) is 14.4 Å². The van der Waals surface area contributed by atoms with E-state index in [-0.39, 0.29) is 18.6 Å². The monoisotopic (exact) mass is 318 g/mol. The number of nitrogens with one attached hydrogen (secondary N) is 1. The lowest BCUT2D eigenvalue weighted by Crippen LogP contribution is -2.29. The number of ketones is 1. The van der Waals surface area contributed by atoms with Gasteiger partial charge in [-0.2, -0.15) is 0 Å². The summed E-state index contributed by atoms with van der Waals surface area (Å²) in [5, 5.41) is 14.3. The Bertz CT molecular complexity index is 603. The first-order valence-electron chi connectivity index (χ1n) is 7.27. The van der Waals surface area contributed by atoms with Crippen molar-refractivity contribution in [2.45, 2.75) is 27.2 Å². The van der Waals surface area contributed by atoms with Gasteiger partial charge in [-0.05, 0) is 32.4 Å². The molecule has 1 rings (SSSR count). The molecular weight excluding hydrogens is 298 g/mol. The number of Topliss-reactive ketones (excluding diaryl/α,β-unsaturated/α-hetero) is 1. The fourth-order valence-electron chi connectivity index (χ4n) is 1.96. The number of ether oxygens (including phenoxy) is 1. The third kappa shape index (κ3) is 5.58. The van der Waals surface area contributed by atoms with Gasteiger partial charge in [0, 0.05) is 11.3 Å². The molecule has 1 atom stereocenters. The average molecular weight is 318 g/mol. The van der Waals surface area contributed by atoms with Gasteiger partial charge in [-0.15, -0.1) is 5.76 Å². The summed E-state index contributed by atoms with van der Waals surface area (Å²) in [7, 11) is 0. The van der Waals surface area contributed by atoms with Crippen molar-refractivity contribution in [3.05, 3.63) is 41.7 Å². The standard InChI is InChI=1S/C17H21NO5/c1-4-23-17(22)15(12(3)20)10-14(11(2)19)16(21)18-13-8-6-5-7-9-13/h5-9,15,19H,4,10H2,1-3H3,(H,18,21)/p-1/b14-11+. The summed E-state index contributed by atoms with van der Waals surface area (Å²) in [5.41, 5.74) is 0.383. The Morgan fingerprint density at radius 2 is 1.78 bits per heavy atom. The number of benzene rings is 1. The zero-order valence-corrected chi connectivity index (χ0v) is 13.4. The van der Waals surface area contributed by atoms with Gasteiger partial charge in [0.05, 0.1) is 6.61 Å². The predicted octanol–water partition coefficient (Wildman–Crippen LogP) is 1.42. The summed E-state index contributed by atoms with van der Waals surface area (Å²) < 4.78 is 4.83. The maximum atomic E-state index is 12.3. The SMILES string of the molecule is CCOC(=O)C(C/C(C(=O)Nc1ccccc1)=C(/C)[O-])C(C)=O. The van der Waals surface area contributed by atoms with Crippen LogP contribution in [0.3, 0.4) is 0 Å². The Kier molecular flexibility index (Phi) is 6.99. The van der Waals surface area contributed by atoms with E-state index in [1.54, 1.807) is 37.3 Å². The third-order valence-corrected chi connectivity index (χ3v) is 3.20. The Hall–Kier alpha value is -2.63. The molecule has 6 heteroatoms. The van der Waals surface area contributed by atoms with E-state index in [0.717, 1.165) is 0 Å². The number of esters is 1. The molecule has 0 aliphatic carbocycles. The molecule has 1 aromatic carbocycles. The molecule has 1 amide bonds. The number of hydrogen-bond acceptors (Lipinski definition) is 5. The number of para-hydroxylation sites is 1. The highest BCUT2D eigenvalue weighted by Crippen LogP contribution is 2.19. The van der Waals surface area contributed by atoms with Crippen LogP contribution >= 0.6 is 0 Å². The molecule has 0 fully saturated rings. The quantitative estimate of drug-likeness (QED) is 0.355. The van der Waals surface area contributed by atoms with Crippen molar-refractivity contribution < 1.29 is 24.2 Å². The molecule has 1 unspecified atom stereocenters. The second-order valence-corrected chi connectivity index (χ2v) is 4.97. The van der Waals surface area contributed by atoms with Crippen molar-refractivity contribution >= 4 is 23.3 Å². The van der Waals surface area contributed by atoms with Crippen molar-refractivity contribution in [1.82, 2.24) is 0 Å². The molecule has 0 saturated heterocycles. The van der Waals surface area contributed by atoms with Crippen LogP contribution in [0.2, 0.25) is 0 Å². The summed E-state index contributed by atoms with van der Waals surface area (Å²) in [5.74, 6) is -3.45. The van der Waals surface area contributed by atoms with Crippen LogP contribution in [-0.2, 0) is 19.1 Å². The highest BCUT2D eigenvalue weighted by molar-refractivity contribution is 6.06. The lowest BCUT2D eigenvalue weighted by atomic mass is 9.94. The van der Waals surface area contributed by atoms with Crippen LogP contribution in [0.1, 0.15) is 27.2 Å². The summed E-state index contributed by atoms with van der Waals surface area (Å²) in [6, 6.07) is 8.60. The minimum absolute atomic E-state index is 0.119. The molecule has 0 bridgehead atoms. The molecule has 1 aromatic rings. The van der Waals surface area contributed by atoms with E-state index in [1.165, 1.54) is 13.8 Å². The van der Waals surface area contributed by atoms with Gasteiger partial charge in [-0.25, -0.2) is 0 Å². The minimum atomic E-state index is -1.16. The first-order chi connectivity index (χ1) is 10.9. The minimum Gasteiger partial charge on any atom is -0.875 e. The van der Waals surface area contributed by atoms with Crippen molar-refractivity contribution in [2.24, 2.45) is 5.92 Å². The molecule has 0 aromatic heterocycles. The number of anilines is 1. The van der Waals surface area contributed by atoms with Gasteiger partial charge in [0.2, 0.25) is 0 Å². The van der Waals surface area contributed by atoms with Crippen molar-refractivity contribution in [2.75, 3.05) is 11.9 Å². The second-order valence-electron chi connectivity index (χ2n) is 4.97. The normalized spacial score (nSPS) is 12.8. The zero-order valence-electron chi connectivity index (χ0n) is 13.4. The lowest BCUT2D eigenvalue weighted by molar-refractivity contribution is -0.303. The summed E-state index contributed by atoms with van der Waals surface area (Å²) in [4.78, 5) is 35.7. The maximum absolute atomic E-state index is 12.3. The summed E-state index contributed by atoms with van der Waals surface area (Å²) >= 11 is 0. The van der Waals surface area contributed by atoms with Gasteiger partial charge >= 0.3 is 5.97 Å². The molecular formula is C17H20NO5-. The number of hydrogen-bond donors (Lipinski definition) is 1. The third-order valence-electron chi connectivity index (χ3n) is 3.20. The number of amides is 1. The van der Waals surface area contributed by atoms with Crippen LogP contribution in [0.4, 0.5) is 5.69 Å². The molecule has 0 aliphatic heterocycles. The van der Waals surface area contributed by atoms with Gasteiger partial charge in [0.25, 0.3) is 5.91 Å². The number of carbonyl (C=O) groups is 3. The van der Waals surface area contributed by atoms with Crippen molar-refractivity contribution in [3.63, 3.8) is 0 Å². The Balaban J connectivity index is 2.94. The van der Waals surface area contributed by atoms with Crippen LogP contribution in [0, 0.1) is 5.92 Å². The van der Waals surface area contributed by atoms with Gasteiger partial charge < -0.3 is 15.2 Å². The van der Waals surface area contributed by atoms with E-state index in [1.807, 2.05) is 0 Å². The van der Waals surface area contributed by atoms with Gasteiger partial charge in [0.15, 0.2) is 0 Å². The lowest BCUT2D eigenvalue weighted by Gasteiger charge is -2.19. The summed E-state index contributed by atoms with van der Waals surface area (Å²) in [6.07, 6.45) is -0.276. The van der Waals surface area contributed by atoms with Crippen LogP contribution in [0.5, 0.6) is 0 Å². The molecule has 0 saturated carbocycles. The highest BCUT2D eigenvalue weighted by Gasteiger charge is 2.28. The number of allylic oxidation sites excluding steroid dienone is 1. The number of rotatable bonds is 7. The number of carbonyl (C=O) groups excluding carboxylic acids is 3. The zero-order chi connectivity index (χ0) is 17.4. The largest absolute Gasteiger partial charge is 0.875 e. The molecule has 0 spiro atoms. The molecule has 0 radical (unpaired) electrons. The van der Waals surface area contributed by atoms with E-state index in [0.29, 0.717) is 5.69 Å². The Labute approximate surface area is 135 Å². The van der Waals surface area contributed by atoms with E-state index in [9.17, 15) is 19.5 Å². The first-order valence-corrected chi connectivity index (χ1v) is 7.27. The fraction of sp³-hybridized carbons (Fsp3) is 0.353. The smallest absolute Gasteiger partial charge is 0.316 e. The van der Waals surface area contributed by atoms with E-state index >= 15 is 0 Å². The average Bonchev–Trinajstić information content (AvgIpc) is 2.48.